The summed E-state index contributed by atoms with van der Waals surface area (Å²) in [6.45, 7) is 7.41. The van der Waals surface area contributed by atoms with Gasteiger partial charge in [-0.1, -0.05) is 19.8 Å². The number of ether oxygens (including phenoxy) is 1. The van der Waals surface area contributed by atoms with Gasteiger partial charge in [-0.2, -0.15) is 0 Å². The maximum atomic E-state index is 13.0. The molecule has 2 aliphatic rings. The van der Waals surface area contributed by atoms with E-state index in [2.05, 4.69) is 10.6 Å². The summed E-state index contributed by atoms with van der Waals surface area (Å²) in [6.07, 6.45) is 2.42. The molecule has 1 aromatic carbocycles. The van der Waals surface area contributed by atoms with Crippen LogP contribution in [0.3, 0.4) is 0 Å². The smallest absolute Gasteiger partial charge is 0.329 e. The summed E-state index contributed by atoms with van der Waals surface area (Å²) < 4.78 is 5.51. The normalized spacial score (nSPS) is 19.5. The maximum absolute atomic E-state index is 13.0. The topological polar surface area (TPSA) is 122 Å². The minimum atomic E-state index is -1.02. The van der Waals surface area contributed by atoms with Crippen molar-refractivity contribution < 1.29 is 28.7 Å². The third-order valence-corrected chi connectivity index (χ3v) is 5.32. The molecule has 0 saturated carbocycles. The number of hydrogen-bond donors (Lipinski definition) is 2. The van der Waals surface area contributed by atoms with E-state index in [4.69, 9.17) is 4.74 Å². The number of amides is 4. The quantitative estimate of drug-likeness (QED) is 0.490. The minimum Gasteiger partial charge on any atom is -0.458 e. The van der Waals surface area contributed by atoms with Crippen molar-refractivity contribution >= 4 is 35.3 Å². The molecular weight excluding hydrogens is 414 g/mol. The Morgan fingerprint density at radius 2 is 1.88 bits per heavy atom. The average Bonchev–Trinajstić information content (AvgIpc) is 2.94. The molecule has 1 fully saturated rings. The van der Waals surface area contributed by atoms with Gasteiger partial charge in [0, 0.05) is 12.1 Å². The van der Waals surface area contributed by atoms with E-state index in [9.17, 15) is 24.0 Å². The maximum Gasteiger partial charge on any atom is 0.329 e. The van der Waals surface area contributed by atoms with Gasteiger partial charge in [-0.05, 0) is 51.8 Å². The molecule has 172 valence electrons. The van der Waals surface area contributed by atoms with Gasteiger partial charge in [0.1, 0.15) is 17.7 Å². The van der Waals surface area contributed by atoms with Crippen molar-refractivity contribution in [3.8, 4) is 0 Å². The molecule has 9 nitrogen and oxygen atoms in total. The predicted molar refractivity (Wildman–Crippen MR) is 116 cm³/mol. The largest absolute Gasteiger partial charge is 0.458 e. The van der Waals surface area contributed by atoms with Crippen LogP contribution in [0.4, 0.5) is 5.69 Å². The second kappa shape index (κ2) is 9.10. The number of anilines is 1. The van der Waals surface area contributed by atoms with E-state index in [1.54, 1.807) is 26.8 Å². The van der Waals surface area contributed by atoms with Crippen molar-refractivity contribution in [3.63, 3.8) is 0 Å². The number of nitrogens with zero attached hydrogens (tertiary/aromatic N) is 1. The lowest BCUT2D eigenvalue weighted by Crippen LogP contribution is -2.54. The van der Waals surface area contributed by atoms with Gasteiger partial charge < -0.3 is 10.1 Å². The van der Waals surface area contributed by atoms with Gasteiger partial charge in [0.15, 0.2) is 0 Å². The fourth-order valence-corrected chi connectivity index (χ4v) is 3.79. The number of rotatable bonds is 7. The van der Waals surface area contributed by atoms with Gasteiger partial charge in [0.2, 0.25) is 11.8 Å². The Labute approximate surface area is 186 Å². The molecular formula is C23H29N3O6. The number of hydrogen-bond acceptors (Lipinski definition) is 7. The SMILES string of the molecule is CCCCC(Nc1ccc2c(c1)C(=O)N(C1CCC(=O)NC1=O)C2=O)C(=O)OC(C)(C)C. The Morgan fingerprint density at radius 1 is 1.19 bits per heavy atom. The van der Waals surface area contributed by atoms with Gasteiger partial charge in [-0.3, -0.25) is 29.4 Å². The summed E-state index contributed by atoms with van der Waals surface area (Å²) in [7, 11) is 0. The number of carbonyl (C=O) groups is 5. The van der Waals surface area contributed by atoms with Crippen molar-refractivity contribution in [2.45, 2.75) is 77.5 Å². The summed E-state index contributed by atoms with van der Waals surface area (Å²) in [5.41, 5.74) is 0.212. The second-order valence-corrected chi connectivity index (χ2v) is 9.08. The van der Waals surface area contributed by atoms with Gasteiger partial charge in [0.05, 0.1) is 11.1 Å². The van der Waals surface area contributed by atoms with Crippen LogP contribution in [0.25, 0.3) is 0 Å². The highest BCUT2D eigenvalue weighted by Crippen LogP contribution is 2.30. The Bertz CT molecular complexity index is 965. The summed E-state index contributed by atoms with van der Waals surface area (Å²) >= 11 is 0. The molecule has 2 aliphatic heterocycles. The fraction of sp³-hybridized carbons (Fsp3) is 0.522. The Hall–Kier alpha value is -3.23. The van der Waals surface area contributed by atoms with Crippen LogP contribution in [0.1, 0.15) is 80.5 Å². The molecule has 32 heavy (non-hydrogen) atoms. The van der Waals surface area contributed by atoms with Crippen molar-refractivity contribution in [3.05, 3.63) is 29.3 Å². The van der Waals surface area contributed by atoms with Crippen molar-refractivity contribution in [1.82, 2.24) is 10.2 Å². The monoisotopic (exact) mass is 443 g/mol. The zero-order valence-corrected chi connectivity index (χ0v) is 18.8. The average molecular weight is 444 g/mol. The molecule has 2 atom stereocenters. The number of unbranched alkanes of at least 4 members (excludes halogenated alkanes) is 1. The number of imide groups is 2. The molecule has 0 radical (unpaired) electrons. The van der Waals surface area contributed by atoms with E-state index in [1.165, 1.54) is 12.1 Å². The molecule has 2 N–H and O–H groups in total. The van der Waals surface area contributed by atoms with Gasteiger partial charge >= 0.3 is 5.97 Å². The van der Waals surface area contributed by atoms with E-state index in [-0.39, 0.29) is 29.9 Å². The van der Waals surface area contributed by atoms with Crippen LogP contribution in [-0.2, 0) is 19.1 Å². The highest BCUT2D eigenvalue weighted by Gasteiger charge is 2.44. The third-order valence-electron chi connectivity index (χ3n) is 5.32. The molecule has 4 amide bonds. The number of nitrogens with one attached hydrogen (secondary N) is 2. The molecule has 1 aromatic rings. The first kappa shape index (κ1) is 23.4. The molecule has 0 spiro atoms. The van der Waals surface area contributed by atoms with Crippen LogP contribution in [0.15, 0.2) is 18.2 Å². The van der Waals surface area contributed by atoms with Crippen molar-refractivity contribution in [2.24, 2.45) is 0 Å². The molecule has 0 aliphatic carbocycles. The molecule has 1 saturated heterocycles. The summed E-state index contributed by atoms with van der Waals surface area (Å²) in [5.74, 6) is -2.63. The highest BCUT2D eigenvalue weighted by molar-refractivity contribution is 6.23. The first-order valence-electron chi connectivity index (χ1n) is 10.9. The van der Waals surface area contributed by atoms with E-state index < -0.39 is 41.3 Å². The van der Waals surface area contributed by atoms with E-state index in [1.807, 2.05) is 6.92 Å². The third kappa shape index (κ3) is 4.98. The van der Waals surface area contributed by atoms with Gasteiger partial charge in [-0.25, -0.2) is 4.79 Å². The predicted octanol–water partition coefficient (Wildman–Crippen LogP) is 2.40. The van der Waals surface area contributed by atoms with Crippen LogP contribution in [-0.4, -0.2) is 52.2 Å². The van der Waals surface area contributed by atoms with E-state index in [0.29, 0.717) is 12.1 Å². The first-order chi connectivity index (χ1) is 15.0. The van der Waals surface area contributed by atoms with Crippen LogP contribution in [0, 0.1) is 0 Å². The number of benzene rings is 1. The van der Waals surface area contributed by atoms with Gasteiger partial charge in [0.25, 0.3) is 11.8 Å². The minimum absolute atomic E-state index is 0.0611. The standard InChI is InChI=1S/C23H29N3O6/c1-5-6-7-16(22(31)32-23(2,3)4)24-13-8-9-14-15(12-13)21(30)26(20(14)29)17-10-11-18(27)25-19(17)28/h8-9,12,16-17,24H,5-7,10-11H2,1-4H3,(H,25,27,28). The number of esters is 1. The summed E-state index contributed by atoms with van der Waals surface area (Å²) in [6, 6.07) is 3.03. The fourth-order valence-electron chi connectivity index (χ4n) is 3.79. The van der Waals surface area contributed by atoms with Crippen LogP contribution in [0.5, 0.6) is 0 Å². The van der Waals surface area contributed by atoms with Crippen LogP contribution >= 0.6 is 0 Å². The highest BCUT2D eigenvalue weighted by atomic mass is 16.6. The second-order valence-electron chi connectivity index (χ2n) is 9.08. The Balaban J connectivity index is 1.81. The lowest BCUT2D eigenvalue weighted by atomic mass is 10.0. The Kier molecular flexibility index (Phi) is 6.66. The summed E-state index contributed by atoms with van der Waals surface area (Å²) in [4.78, 5) is 63.0. The van der Waals surface area contributed by atoms with E-state index >= 15 is 0 Å². The molecule has 3 rings (SSSR count). The lowest BCUT2D eigenvalue weighted by molar-refractivity contribution is -0.156. The van der Waals surface area contributed by atoms with Crippen LogP contribution < -0.4 is 10.6 Å². The molecule has 2 heterocycles. The van der Waals surface area contributed by atoms with Crippen molar-refractivity contribution in [2.75, 3.05) is 5.32 Å². The Morgan fingerprint density at radius 3 is 2.50 bits per heavy atom. The molecule has 0 aromatic heterocycles. The molecule has 0 bridgehead atoms. The lowest BCUT2D eigenvalue weighted by Gasteiger charge is -2.27. The van der Waals surface area contributed by atoms with E-state index in [0.717, 1.165) is 17.7 Å². The van der Waals surface area contributed by atoms with Crippen molar-refractivity contribution in [1.29, 1.82) is 0 Å². The first-order valence-corrected chi connectivity index (χ1v) is 10.9. The number of carbonyl (C=O) groups excluding carboxylic acids is 5. The zero-order valence-electron chi connectivity index (χ0n) is 18.8. The van der Waals surface area contributed by atoms with Gasteiger partial charge in [-0.15, -0.1) is 0 Å². The van der Waals surface area contributed by atoms with Crippen LogP contribution in [0.2, 0.25) is 0 Å². The summed E-state index contributed by atoms with van der Waals surface area (Å²) in [5, 5.41) is 5.30. The number of piperidine rings is 1. The molecule has 2 unspecified atom stereocenters. The molecule has 9 heteroatoms. The zero-order chi connectivity index (χ0) is 23.6. The number of fused-ring (bicyclic) bond motifs is 1.